The summed E-state index contributed by atoms with van der Waals surface area (Å²) in [6, 6.07) is 9.08. The van der Waals surface area contributed by atoms with E-state index >= 15 is 0 Å². The van der Waals surface area contributed by atoms with Crippen LogP contribution in [0.3, 0.4) is 0 Å². The average molecular weight is 297 g/mol. The fourth-order valence-electron chi connectivity index (χ4n) is 1.62. The highest BCUT2D eigenvalue weighted by atomic mass is 32.2. The third-order valence-electron chi connectivity index (χ3n) is 2.56. The molecule has 0 heterocycles. The van der Waals surface area contributed by atoms with Crippen molar-refractivity contribution in [2.24, 2.45) is 0 Å². The molecule has 2 N–H and O–H groups in total. The van der Waals surface area contributed by atoms with Gasteiger partial charge in [-0.2, -0.15) is 0 Å². The normalized spacial score (nSPS) is 11.1. The Morgan fingerprint density at radius 2 is 1.90 bits per heavy atom. The molecule has 0 saturated heterocycles. The molecule has 2 rings (SSSR count). The second-order valence-corrected chi connectivity index (χ2v) is 5.57. The first-order valence-electron chi connectivity index (χ1n) is 5.58. The minimum Gasteiger partial charge on any atom is -0.507 e. The van der Waals surface area contributed by atoms with Crippen LogP contribution in [-0.4, -0.2) is 20.6 Å². The lowest BCUT2D eigenvalue weighted by Crippen LogP contribution is -2.13. The first-order valence-corrected chi connectivity index (χ1v) is 7.07. The molecule has 2 aromatic carbocycles. The number of hydrogen-bond acceptors (Lipinski definition) is 4. The van der Waals surface area contributed by atoms with Gasteiger partial charge in [0.25, 0.3) is 10.0 Å². The molecule has 0 spiro atoms. The quantitative estimate of drug-likeness (QED) is 0.908. The summed E-state index contributed by atoms with van der Waals surface area (Å²) in [4.78, 5) is -0.261. The lowest BCUT2D eigenvalue weighted by Gasteiger charge is -2.10. The van der Waals surface area contributed by atoms with Gasteiger partial charge in [-0.1, -0.05) is 12.1 Å². The zero-order valence-corrected chi connectivity index (χ0v) is 11.3. The van der Waals surface area contributed by atoms with Gasteiger partial charge in [0.1, 0.15) is 10.6 Å². The molecule has 5 nitrogen and oxygen atoms in total. The van der Waals surface area contributed by atoms with E-state index in [1.807, 2.05) is 0 Å². The number of methoxy groups -OCH3 is 1. The minimum atomic E-state index is -3.96. The van der Waals surface area contributed by atoms with Gasteiger partial charge in [0.2, 0.25) is 0 Å². The zero-order chi connectivity index (χ0) is 14.8. The van der Waals surface area contributed by atoms with E-state index in [1.54, 1.807) is 0 Å². The summed E-state index contributed by atoms with van der Waals surface area (Å²) in [7, 11) is -2.68. The number of phenols is 1. The van der Waals surface area contributed by atoms with E-state index in [-0.39, 0.29) is 22.1 Å². The molecule has 0 fully saturated rings. The van der Waals surface area contributed by atoms with Crippen LogP contribution in [0.25, 0.3) is 0 Å². The highest BCUT2D eigenvalue weighted by Crippen LogP contribution is 2.26. The number of phenolic OH excluding ortho intramolecular Hbond substituents is 1. The number of sulfonamides is 1. The zero-order valence-electron chi connectivity index (χ0n) is 10.5. The van der Waals surface area contributed by atoms with Crippen LogP contribution in [0.4, 0.5) is 10.1 Å². The molecule has 0 bridgehead atoms. The van der Waals surface area contributed by atoms with Gasteiger partial charge in [-0.25, -0.2) is 12.8 Å². The molecule has 0 saturated carbocycles. The van der Waals surface area contributed by atoms with Gasteiger partial charge in [-0.05, 0) is 24.3 Å². The molecule has 20 heavy (non-hydrogen) atoms. The molecule has 0 aromatic heterocycles. The summed E-state index contributed by atoms with van der Waals surface area (Å²) in [6.07, 6.45) is 0. The second-order valence-electron chi connectivity index (χ2n) is 3.92. The Kier molecular flexibility index (Phi) is 3.80. The number of para-hydroxylation sites is 1. The Morgan fingerprint density at radius 3 is 2.55 bits per heavy atom. The lowest BCUT2D eigenvalue weighted by atomic mass is 10.3. The van der Waals surface area contributed by atoms with Crippen molar-refractivity contribution < 1.29 is 22.7 Å². The number of aromatic hydroxyl groups is 1. The van der Waals surface area contributed by atoms with Gasteiger partial charge in [-0.3, -0.25) is 4.72 Å². The number of hydrogen-bond donors (Lipinski definition) is 2. The molecule has 0 aliphatic carbocycles. The van der Waals surface area contributed by atoms with E-state index in [2.05, 4.69) is 4.72 Å². The molecular weight excluding hydrogens is 285 g/mol. The van der Waals surface area contributed by atoms with Crippen molar-refractivity contribution in [3.05, 3.63) is 48.3 Å². The van der Waals surface area contributed by atoms with E-state index in [0.29, 0.717) is 0 Å². The predicted molar refractivity (Wildman–Crippen MR) is 71.9 cm³/mol. The van der Waals surface area contributed by atoms with Crippen LogP contribution in [0.15, 0.2) is 47.4 Å². The number of benzene rings is 2. The Morgan fingerprint density at radius 1 is 1.20 bits per heavy atom. The second kappa shape index (κ2) is 5.38. The highest BCUT2D eigenvalue weighted by molar-refractivity contribution is 7.92. The smallest absolute Gasteiger partial charge is 0.265 e. The predicted octanol–water partition coefficient (Wildman–Crippen LogP) is 2.34. The number of anilines is 1. The van der Waals surface area contributed by atoms with Crippen molar-refractivity contribution in [1.29, 1.82) is 0 Å². The number of halogens is 1. The Hall–Kier alpha value is -2.28. The van der Waals surface area contributed by atoms with Crippen molar-refractivity contribution in [3.8, 4) is 11.5 Å². The number of nitrogens with one attached hydrogen (secondary N) is 1. The Balaban J connectivity index is 2.36. The Labute approximate surface area is 115 Å². The van der Waals surface area contributed by atoms with Crippen LogP contribution in [-0.2, 0) is 10.0 Å². The third kappa shape index (κ3) is 2.83. The topological polar surface area (TPSA) is 75.6 Å². The van der Waals surface area contributed by atoms with E-state index in [1.165, 1.54) is 43.5 Å². The van der Waals surface area contributed by atoms with Crippen molar-refractivity contribution >= 4 is 15.7 Å². The van der Waals surface area contributed by atoms with Crippen molar-refractivity contribution in [3.63, 3.8) is 0 Å². The van der Waals surface area contributed by atoms with Crippen molar-refractivity contribution in [2.45, 2.75) is 4.90 Å². The van der Waals surface area contributed by atoms with Crippen molar-refractivity contribution in [2.75, 3.05) is 11.8 Å². The van der Waals surface area contributed by atoms with Crippen molar-refractivity contribution in [1.82, 2.24) is 0 Å². The number of rotatable bonds is 4. The van der Waals surface area contributed by atoms with Crippen LogP contribution in [0.1, 0.15) is 0 Å². The van der Waals surface area contributed by atoms with E-state index in [0.717, 1.165) is 6.07 Å². The summed E-state index contributed by atoms with van der Waals surface area (Å²) in [5, 5.41) is 9.57. The van der Waals surface area contributed by atoms with Crippen LogP contribution >= 0.6 is 0 Å². The average Bonchev–Trinajstić information content (AvgIpc) is 2.41. The maximum atomic E-state index is 13.2. The fraction of sp³-hybridized carbons (Fsp3) is 0.0769. The SMILES string of the molecule is COc1cc(NS(=O)(=O)c2ccccc2O)ccc1F. The van der Waals surface area contributed by atoms with Crippen LogP contribution in [0.5, 0.6) is 11.5 Å². The van der Waals surface area contributed by atoms with Crippen LogP contribution < -0.4 is 9.46 Å². The molecule has 2 aromatic rings. The third-order valence-corrected chi connectivity index (χ3v) is 3.99. The largest absolute Gasteiger partial charge is 0.507 e. The molecule has 0 aliphatic heterocycles. The maximum Gasteiger partial charge on any atom is 0.265 e. The van der Waals surface area contributed by atoms with E-state index < -0.39 is 15.8 Å². The molecule has 7 heteroatoms. The van der Waals surface area contributed by atoms with Gasteiger partial charge < -0.3 is 9.84 Å². The first-order chi connectivity index (χ1) is 9.44. The van der Waals surface area contributed by atoms with Gasteiger partial charge in [0, 0.05) is 6.07 Å². The summed E-state index contributed by atoms with van der Waals surface area (Å²) in [5.41, 5.74) is 0.131. The summed E-state index contributed by atoms with van der Waals surface area (Å²) >= 11 is 0. The van der Waals surface area contributed by atoms with E-state index in [4.69, 9.17) is 4.74 Å². The molecule has 0 aliphatic rings. The standard InChI is InChI=1S/C13H12FNO4S/c1-19-12-8-9(6-7-10(12)14)15-20(17,18)13-5-3-2-4-11(13)16/h2-8,15-16H,1H3. The molecule has 0 atom stereocenters. The molecule has 0 radical (unpaired) electrons. The number of ether oxygens (including phenoxy) is 1. The monoisotopic (exact) mass is 297 g/mol. The Bertz CT molecular complexity index is 731. The minimum absolute atomic E-state index is 0.0810. The van der Waals surface area contributed by atoms with Crippen LogP contribution in [0, 0.1) is 5.82 Å². The van der Waals surface area contributed by atoms with E-state index in [9.17, 15) is 17.9 Å². The van der Waals surface area contributed by atoms with Gasteiger partial charge in [0.15, 0.2) is 11.6 Å². The molecule has 0 amide bonds. The highest BCUT2D eigenvalue weighted by Gasteiger charge is 2.18. The van der Waals surface area contributed by atoms with Gasteiger partial charge in [-0.15, -0.1) is 0 Å². The maximum absolute atomic E-state index is 13.2. The first kappa shape index (κ1) is 14.1. The van der Waals surface area contributed by atoms with Gasteiger partial charge in [0.05, 0.1) is 12.8 Å². The summed E-state index contributed by atoms with van der Waals surface area (Å²) in [5.74, 6) is -1.05. The van der Waals surface area contributed by atoms with Crippen LogP contribution in [0.2, 0.25) is 0 Å². The molecular formula is C13H12FNO4S. The lowest BCUT2D eigenvalue weighted by molar-refractivity contribution is 0.387. The summed E-state index contributed by atoms with van der Waals surface area (Å²) < 4.78 is 44.5. The summed E-state index contributed by atoms with van der Waals surface area (Å²) in [6.45, 7) is 0. The van der Waals surface area contributed by atoms with Gasteiger partial charge >= 0.3 is 0 Å². The molecule has 0 unspecified atom stereocenters. The fourth-order valence-corrected chi connectivity index (χ4v) is 2.77. The molecule has 106 valence electrons.